The van der Waals surface area contributed by atoms with Gasteiger partial charge in [0.05, 0.1) is 18.4 Å². The first-order chi connectivity index (χ1) is 9.04. The van der Waals surface area contributed by atoms with Crippen LogP contribution in [0, 0.1) is 0 Å². The van der Waals surface area contributed by atoms with Crippen LogP contribution in [0.2, 0.25) is 0 Å². The molecule has 2 aromatic rings. The van der Waals surface area contributed by atoms with Gasteiger partial charge in [0.2, 0.25) is 0 Å². The van der Waals surface area contributed by atoms with E-state index in [4.69, 9.17) is 4.74 Å². The molecule has 0 spiro atoms. The zero-order valence-corrected chi connectivity index (χ0v) is 11.5. The van der Waals surface area contributed by atoms with E-state index in [0.717, 1.165) is 11.3 Å². The van der Waals surface area contributed by atoms with Crippen LogP contribution in [0.3, 0.4) is 0 Å². The third-order valence-electron chi connectivity index (χ3n) is 2.15. The molecule has 2 heterocycles. The number of sulfonamides is 1. The van der Waals surface area contributed by atoms with Crippen LogP contribution in [-0.2, 0) is 14.8 Å². The lowest BCUT2D eigenvalue weighted by Gasteiger charge is -2.06. The summed E-state index contributed by atoms with van der Waals surface area (Å²) >= 11 is 1.10. The number of hydrogen-bond acceptors (Lipinski definition) is 6. The minimum atomic E-state index is -3.78. The lowest BCUT2D eigenvalue weighted by molar-refractivity contribution is 0.0528. The van der Waals surface area contributed by atoms with E-state index in [1.54, 1.807) is 12.3 Å². The van der Waals surface area contributed by atoms with Gasteiger partial charge in [0.25, 0.3) is 10.0 Å². The first-order valence-corrected chi connectivity index (χ1v) is 7.67. The van der Waals surface area contributed by atoms with Gasteiger partial charge in [-0.2, -0.15) is 13.5 Å². The van der Waals surface area contributed by atoms with Gasteiger partial charge in [0, 0.05) is 0 Å². The van der Waals surface area contributed by atoms with E-state index >= 15 is 0 Å². The number of H-pyrrole nitrogens is 1. The Bertz CT molecular complexity index is 661. The SMILES string of the molecule is CCOC(=O)c1ccsc1NS(=O)(=O)c1ccn[nH]1. The van der Waals surface area contributed by atoms with Crippen molar-refractivity contribution < 1.29 is 17.9 Å². The van der Waals surface area contributed by atoms with E-state index in [9.17, 15) is 13.2 Å². The monoisotopic (exact) mass is 301 g/mol. The molecule has 0 aliphatic carbocycles. The maximum atomic E-state index is 12.0. The molecule has 2 aromatic heterocycles. The Kier molecular flexibility index (Phi) is 3.86. The molecule has 0 unspecified atom stereocenters. The van der Waals surface area contributed by atoms with Crippen LogP contribution >= 0.6 is 11.3 Å². The Balaban J connectivity index is 2.26. The van der Waals surface area contributed by atoms with E-state index in [0.29, 0.717) is 0 Å². The lowest BCUT2D eigenvalue weighted by Crippen LogP contribution is -2.15. The van der Waals surface area contributed by atoms with Gasteiger partial charge in [-0.05, 0) is 24.4 Å². The summed E-state index contributed by atoms with van der Waals surface area (Å²) in [5.74, 6) is -0.564. The third kappa shape index (κ3) is 2.93. The van der Waals surface area contributed by atoms with Crippen molar-refractivity contribution in [3.63, 3.8) is 0 Å². The number of carbonyl (C=O) groups is 1. The summed E-state index contributed by atoms with van der Waals surface area (Å²) in [6.07, 6.45) is 1.33. The average Bonchev–Trinajstić information content (AvgIpc) is 2.98. The predicted octanol–water partition coefficient (Wildman–Crippen LogP) is 1.45. The molecule has 9 heteroatoms. The highest BCUT2D eigenvalue weighted by Crippen LogP contribution is 2.26. The molecule has 0 radical (unpaired) electrons. The highest BCUT2D eigenvalue weighted by Gasteiger charge is 2.21. The van der Waals surface area contributed by atoms with Gasteiger partial charge in [0.15, 0.2) is 5.03 Å². The highest BCUT2D eigenvalue weighted by atomic mass is 32.2. The fourth-order valence-corrected chi connectivity index (χ4v) is 3.34. The van der Waals surface area contributed by atoms with Crippen molar-refractivity contribution in [2.24, 2.45) is 0 Å². The Morgan fingerprint density at radius 1 is 1.53 bits per heavy atom. The number of nitrogens with zero attached hydrogens (tertiary/aromatic N) is 1. The number of aromatic nitrogens is 2. The first kappa shape index (κ1) is 13.6. The summed E-state index contributed by atoms with van der Waals surface area (Å²) in [5.41, 5.74) is 0.190. The molecular weight excluding hydrogens is 290 g/mol. The van der Waals surface area contributed by atoms with Gasteiger partial charge >= 0.3 is 5.97 Å². The van der Waals surface area contributed by atoms with Gasteiger partial charge in [-0.1, -0.05) is 0 Å². The highest BCUT2D eigenvalue weighted by molar-refractivity contribution is 7.92. The number of hydrogen-bond donors (Lipinski definition) is 2. The smallest absolute Gasteiger partial charge is 0.341 e. The van der Waals surface area contributed by atoms with Gasteiger partial charge in [-0.15, -0.1) is 11.3 Å². The largest absolute Gasteiger partial charge is 0.462 e. The molecule has 2 rings (SSSR count). The molecule has 0 saturated carbocycles. The van der Waals surface area contributed by atoms with Crippen LogP contribution in [0.4, 0.5) is 5.00 Å². The quantitative estimate of drug-likeness (QED) is 0.814. The number of rotatable bonds is 5. The molecule has 0 bridgehead atoms. The fraction of sp³-hybridized carbons (Fsp3) is 0.200. The summed E-state index contributed by atoms with van der Waals surface area (Å²) in [5, 5.41) is 7.67. The van der Waals surface area contributed by atoms with Crippen LogP contribution in [-0.4, -0.2) is 31.2 Å². The lowest BCUT2D eigenvalue weighted by atomic mass is 10.3. The van der Waals surface area contributed by atoms with Gasteiger partial charge in [-0.25, -0.2) is 4.79 Å². The second-order valence-corrected chi connectivity index (χ2v) is 5.98. The molecule has 7 nitrogen and oxygen atoms in total. The van der Waals surface area contributed by atoms with E-state index < -0.39 is 16.0 Å². The van der Waals surface area contributed by atoms with Crippen molar-refractivity contribution >= 4 is 32.3 Å². The number of anilines is 1. The number of thiophene rings is 1. The molecule has 0 aliphatic heterocycles. The standard InChI is InChI=1S/C10H11N3O4S2/c1-2-17-10(14)7-4-6-18-9(7)13-19(15,16)8-3-5-11-12-8/h3-6,13H,2H2,1H3,(H,11,12). The van der Waals surface area contributed by atoms with Crippen molar-refractivity contribution in [3.05, 3.63) is 29.3 Å². The topological polar surface area (TPSA) is 101 Å². The fourth-order valence-electron chi connectivity index (χ4n) is 1.33. The molecule has 0 fully saturated rings. The Morgan fingerprint density at radius 2 is 2.32 bits per heavy atom. The molecule has 0 atom stereocenters. The Labute approximate surface area is 113 Å². The van der Waals surface area contributed by atoms with Crippen LogP contribution in [0.25, 0.3) is 0 Å². The molecule has 102 valence electrons. The average molecular weight is 301 g/mol. The molecule has 0 saturated heterocycles. The van der Waals surface area contributed by atoms with Crippen LogP contribution in [0.1, 0.15) is 17.3 Å². The molecule has 0 aliphatic rings. The number of carbonyl (C=O) groups excluding carboxylic acids is 1. The first-order valence-electron chi connectivity index (χ1n) is 5.31. The number of nitrogens with one attached hydrogen (secondary N) is 2. The van der Waals surface area contributed by atoms with Crippen molar-refractivity contribution in [2.75, 3.05) is 11.3 Å². The van der Waals surface area contributed by atoms with Crippen LogP contribution < -0.4 is 4.72 Å². The van der Waals surface area contributed by atoms with Crippen molar-refractivity contribution in [1.29, 1.82) is 0 Å². The minimum Gasteiger partial charge on any atom is -0.462 e. The number of esters is 1. The molecular formula is C10H11N3O4S2. The predicted molar refractivity (Wildman–Crippen MR) is 69.7 cm³/mol. The van der Waals surface area contributed by atoms with E-state index in [2.05, 4.69) is 14.9 Å². The van der Waals surface area contributed by atoms with E-state index in [-0.39, 0.29) is 22.2 Å². The second-order valence-electron chi connectivity index (χ2n) is 3.41. The molecule has 0 aromatic carbocycles. The minimum absolute atomic E-state index is 0.0734. The van der Waals surface area contributed by atoms with Gasteiger partial charge in [0.1, 0.15) is 5.00 Å². The number of ether oxygens (including phenoxy) is 1. The van der Waals surface area contributed by atoms with Gasteiger partial charge < -0.3 is 4.74 Å². The molecule has 19 heavy (non-hydrogen) atoms. The van der Waals surface area contributed by atoms with Crippen molar-refractivity contribution in [1.82, 2.24) is 10.2 Å². The van der Waals surface area contributed by atoms with Crippen LogP contribution in [0.15, 0.2) is 28.7 Å². The van der Waals surface area contributed by atoms with Gasteiger partial charge in [-0.3, -0.25) is 9.82 Å². The summed E-state index contributed by atoms with van der Waals surface area (Å²) in [7, 11) is -3.78. The summed E-state index contributed by atoms with van der Waals surface area (Å²) in [6.45, 7) is 1.90. The second kappa shape index (κ2) is 5.41. The van der Waals surface area contributed by atoms with E-state index in [1.165, 1.54) is 18.3 Å². The third-order valence-corrected chi connectivity index (χ3v) is 4.39. The zero-order chi connectivity index (χ0) is 13.9. The summed E-state index contributed by atoms with van der Waals surface area (Å²) < 4.78 is 31.1. The maximum absolute atomic E-state index is 12.0. The molecule has 0 amide bonds. The normalized spacial score (nSPS) is 11.2. The summed E-state index contributed by atoms with van der Waals surface area (Å²) in [6, 6.07) is 2.83. The van der Waals surface area contributed by atoms with Crippen molar-refractivity contribution in [3.8, 4) is 0 Å². The van der Waals surface area contributed by atoms with Crippen LogP contribution in [0.5, 0.6) is 0 Å². The Hall–Kier alpha value is -1.87. The molecule has 2 N–H and O–H groups in total. The van der Waals surface area contributed by atoms with E-state index in [1.807, 2.05) is 0 Å². The van der Waals surface area contributed by atoms with Crippen molar-refractivity contribution in [2.45, 2.75) is 11.9 Å². The summed E-state index contributed by atoms with van der Waals surface area (Å²) in [4.78, 5) is 11.6. The zero-order valence-electron chi connectivity index (χ0n) is 9.91. The Morgan fingerprint density at radius 3 is 2.95 bits per heavy atom. The number of aromatic amines is 1. The maximum Gasteiger partial charge on any atom is 0.341 e.